The highest BCUT2D eigenvalue weighted by Crippen LogP contribution is 2.10. The second kappa shape index (κ2) is 7.63. The van der Waals surface area contributed by atoms with E-state index in [0.29, 0.717) is 13.0 Å². The maximum atomic E-state index is 11.8. The highest BCUT2D eigenvalue weighted by molar-refractivity contribution is 5.76. The van der Waals surface area contributed by atoms with Crippen LogP contribution in [0.4, 0.5) is 0 Å². The fraction of sp³-hybridized carbons (Fsp3) is 0.917. The van der Waals surface area contributed by atoms with Gasteiger partial charge in [-0.3, -0.25) is 4.79 Å². The summed E-state index contributed by atoms with van der Waals surface area (Å²) in [6.45, 7) is 3.98. The smallest absolute Gasteiger partial charge is 0.223 e. The van der Waals surface area contributed by atoms with E-state index in [4.69, 9.17) is 5.73 Å². The second-order valence-corrected chi connectivity index (χ2v) is 4.78. The fourth-order valence-corrected chi connectivity index (χ4v) is 2.04. The van der Waals surface area contributed by atoms with Gasteiger partial charge in [-0.2, -0.15) is 0 Å². The van der Waals surface area contributed by atoms with Gasteiger partial charge in [0.25, 0.3) is 0 Å². The number of nitrogens with zero attached hydrogens (tertiary/aromatic N) is 2. The molecule has 100 valence electrons. The molecule has 0 spiro atoms. The summed E-state index contributed by atoms with van der Waals surface area (Å²) in [4.78, 5) is 15.8. The Kier molecular flexibility index (Phi) is 6.47. The Hall–Kier alpha value is -0.650. The third kappa shape index (κ3) is 5.48. The number of aliphatic hydroxyl groups excluding tert-OH is 1. The Morgan fingerprint density at radius 1 is 1.47 bits per heavy atom. The van der Waals surface area contributed by atoms with Gasteiger partial charge >= 0.3 is 0 Å². The predicted molar refractivity (Wildman–Crippen MR) is 67.6 cm³/mol. The Balaban J connectivity index is 2.14. The molecule has 1 heterocycles. The minimum absolute atomic E-state index is 0.144. The molecule has 1 aliphatic rings. The molecule has 0 aliphatic carbocycles. The molecule has 17 heavy (non-hydrogen) atoms. The summed E-state index contributed by atoms with van der Waals surface area (Å²) in [6, 6.07) is 0. The summed E-state index contributed by atoms with van der Waals surface area (Å²) in [7, 11) is 1.83. The number of carbonyl (C=O) groups is 1. The lowest BCUT2D eigenvalue weighted by Crippen LogP contribution is -2.38. The van der Waals surface area contributed by atoms with Crippen LogP contribution in [0.1, 0.15) is 25.7 Å². The molecule has 3 N–H and O–H groups in total. The number of piperidine rings is 1. The lowest BCUT2D eigenvalue weighted by Gasteiger charge is -2.29. The molecule has 1 fully saturated rings. The molecule has 5 heteroatoms. The van der Waals surface area contributed by atoms with Crippen molar-refractivity contribution in [3.05, 3.63) is 0 Å². The number of nitrogens with two attached hydrogens (primary N) is 1. The average molecular weight is 243 g/mol. The van der Waals surface area contributed by atoms with Crippen molar-refractivity contribution in [2.45, 2.75) is 31.8 Å². The molecular formula is C12H25N3O2. The van der Waals surface area contributed by atoms with E-state index in [2.05, 4.69) is 4.90 Å². The number of hydrogen-bond donors (Lipinski definition) is 2. The number of aliphatic hydroxyl groups is 1. The van der Waals surface area contributed by atoms with Gasteiger partial charge in [-0.15, -0.1) is 0 Å². The molecule has 0 aromatic rings. The maximum absolute atomic E-state index is 11.8. The van der Waals surface area contributed by atoms with E-state index >= 15 is 0 Å². The number of likely N-dealkylation sites (tertiary alicyclic amines) is 1. The lowest BCUT2D eigenvalue weighted by molar-refractivity contribution is -0.130. The highest BCUT2D eigenvalue weighted by Gasteiger charge is 2.18. The third-order valence-electron chi connectivity index (χ3n) is 3.32. The van der Waals surface area contributed by atoms with E-state index in [1.165, 1.54) is 0 Å². The van der Waals surface area contributed by atoms with Gasteiger partial charge in [-0.05, 0) is 25.8 Å². The first kappa shape index (κ1) is 14.4. The van der Waals surface area contributed by atoms with Crippen LogP contribution in [-0.2, 0) is 4.79 Å². The first-order valence-electron chi connectivity index (χ1n) is 6.48. The summed E-state index contributed by atoms with van der Waals surface area (Å²) in [5.41, 5.74) is 5.41. The molecule has 1 saturated heterocycles. The minimum Gasteiger partial charge on any atom is -0.393 e. The van der Waals surface area contributed by atoms with Crippen molar-refractivity contribution >= 4 is 5.91 Å². The largest absolute Gasteiger partial charge is 0.393 e. The third-order valence-corrected chi connectivity index (χ3v) is 3.32. The zero-order valence-corrected chi connectivity index (χ0v) is 10.8. The van der Waals surface area contributed by atoms with E-state index in [-0.39, 0.29) is 12.0 Å². The number of carbonyl (C=O) groups excluding carboxylic acids is 1. The van der Waals surface area contributed by atoms with Crippen LogP contribution in [0.25, 0.3) is 0 Å². The van der Waals surface area contributed by atoms with Gasteiger partial charge < -0.3 is 20.6 Å². The van der Waals surface area contributed by atoms with Crippen LogP contribution in [0, 0.1) is 0 Å². The minimum atomic E-state index is -0.144. The van der Waals surface area contributed by atoms with Crippen molar-refractivity contribution in [3.63, 3.8) is 0 Å². The van der Waals surface area contributed by atoms with Gasteiger partial charge in [0.2, 0.25) is 5.91 Å². The summed E-state index contributed by atoms with van der Waals surface area (Å²) < 4.78 is 0. The predicted octanol–water partition coefficient (Wildman–Crippen LogP) is -0.360. The quantitative estimate of drug-likeness (QED) is 0.668. The SMILES string of the molecule is CN(CCCN)C(=O)CCN1CCC(O)CC1. The first-order chi connectivity index (χ1) is 8.13. The van der Waals surface area contributed by atoms with Gasteiger partial charge in [0.1, 0.15) is 0 Å². The van der Waals surface area contributed by atoms with Crippen LogP contribution in [0.2, 0.25) is 0 Å². The summed E-state index contributed by atoms with van der Waals surface area (Å²) in [5, 5.41) is 9.38. The Morgan fingerprint density at radius 3 is 2.71 bits per heavy atom. The molecule has 0 bridgehead atoms. The van der Waals surface area contributed by atoms with Gasteiger partial charge in [0, 0.05) is 39.6 Å². The van der Waals surface area contributed by atoms with Crippen LogP contribution in [-0.4, -0.2) is 66.7 Å². The molecule has 0 atom stereocenters. The van der Waals surface area contributed by atoms with E-state index in [0.717, 1.165) is 45.4 Å². The molecule has 1 amide bonds. The van der Waals surface area contributed by atoms with Gasteiger partial charge in [0.15, 0.2) is 0 Å². The van der Waals surface area contributed by atoms with E-state index in [1.807, 2.05) is 7.05 Å². The molecule has 0 aromatic heterocycles. The zero-order valence-electron chi connectivity index (χ0n) is 10.8. The molecule has 0 radical (unpaired) electrons. The van der Waals surface area contributed by atoms with Crippen LogP contribution < -0.4 is 5.73 Å². The Labute approximate surface area is 104 Å². The van der Waals surface area contributed by atoms with Crippen molar-refractivity contribution in [3.8, 4) is 0 Å². The van der Waals surface area contributed by atoms with Crippen molar-refractivity contribution < 1.29 is 9.90 Å². The van der Waals surface area contributed by atoms with Crippen molar-refractivity contribution in [1.82, 2.24) is 9.80 Å². The standard InChI is InChI=1S/C12H25N3O2/c1-14(7-2-6-13)12(17)5-10-15-8-3-11(16)4-9-15/h11,16H,2-10,13H2,1H3. The van der Waals surface area contributed by atoms with Crippen molar-refractivity contribution in [1.29, 1.82) is 0 Å². The van der Waals surface area contributed by atoms with Crippen LogP contribution in [0.15, 0.2) is 0 Å². The van der Waals surface area contributed by atoms with Gasteiger partial charge in [-0.1, -0.05) is 0 Å². The molecule has 1 aliphatic heterocycles. The lowest BCUT2D eigenvalue weighted by atomic mass is 10.1. The van der Waals surface area contributed by atoms with E-state index < -0.39 is 0 Å². The van der Waals surface area contributed by atoms with Crippen molar-refractivity contribution in [2.24, 2.45) is 5.73 Å². The van der Waals surface area contributed by atoms with Gasteiger partial charge in [0.05, 0.1) is 6.10 Å². The van der Waals surface area contributed by atoms with E-state index in [1.54, 1.807) is 4.90 Å². The second-order valence-electron chi connectivity index (χ2n) is 4.78. The number of hydrogen-bond acceptors (Lipinski definition) is 4. The molecular weight excluding hydrogens is 218 g/mol. The Morgan fingerprint density at radius 2 is 2.12 bits per heavy atom. The van der Waals surface area contributed by atoms with Crippen molar-refractivity contribution in [2.75, 3.05) is 39.8 Å². The molecule has 5 nitrogen and oxygen atoms in total. The topological polar surface area (TPSA) is 69.8 Å². The van der Waals surface area contributed by atoms with Crippen LogP contribution in [0.5, 0.6) is 0 Å². The fourth-order valence-electron chi connectivity index (χ4n) is 2.04. The van der Waals surface area contributed by atoms with Crippen LogP contribution in [0.3, 0.4) is 0 Å². The summed E-state index contributed by atoms with van der Waals surface area (Å²) >= 11 is 0. The molecule has 1 rings (SSSR count). The first-order valence-corrected chi connectivity index (χ1v) is 6.48. The number of rotatable bonds is 6. The monoisotopic (exact) mass is 243 g/mol. The van der Waals surface area contributed by atoms with Gasteiger partial charge in [-0.25, -0.2) is 0 Å². The van der Waals surface area contributed by atoms with Crippen LogP contribution >= 0.6 is 0 Å². The summed E-state index contributed by atoms with van der Waals surface area (Å²) in [5.74, 6) is 0.185. The Bertz CT molecular complexity index is 228. The zero-order chi connectivity index (χ0) is 12.7. The van der Waals surface area contributed by atoms with E-state index in [9.17, 15) is 9.90 Å². The summed E-state index contributed by atoms with van der Waals surface area (Å²) in [6.07, 6.45) is 2.94. The maximum Gasteiger partial charge on any atom is 0.223 e. The molecule has 0 aromatic carbocycles. The normalized spacial score (nSPS) is 18.3. The average Bonchev–Trinajstić information content (AvgIpc) is 2.34. The highest BCUT2D eigenvalue weighted by atomic mass is 16.3. The molecule has 0 unspecified atom stereocenters. The number of amides is 1. The molecule has 0 saturated carbocycles.